The molecule has 4 amide bonds. The van der Waals surface area contributed by atoms with Crippen LogP contribution in [-0.2, 0) is 19.2 Å². The second kappa shape index (κ2) is 12.5. The standard InChI is InChI=1S/C16H31N7O4/c1-9(2)7-12(24)21-8-13(25)23-11(5-4-6-20-16(18)19)15(27)22-10(3)14(17)26/h9-11H,4-8H2,1-3H3,(H2,17,26)(H,21,24)(H,22,27)(H,23,25)(H4,18,19,20)/t10-,11-/m0/s1. The summed E-state index contributed by atoms with van der Waals surface area (Å²) >= 11 is 0. The van der Waals surface area contributed by atoms with E-state index in [1.54, 1.807) is 0 Å². The van der Waals surface area contributed by atoms with Crippen molar-refractivity contribution >= 4 is 29.6 Å². The lowest BCUT2D eigenvalue weighted by molar-refractivity contribution is -0.131. The van der Waals surface area contributed by atoms with Gasteiger partial charge < -0.3 is 33.2 Å². The Bertz CT molecular complexity index is 559. The topological polar surface area (TPSA) is 195 Å². The van der Waals surface area contributed by atoms with Crippen molar-refractivity contribution in [2.75, 3.05) is 13.1 Å². The van der Waals surface area contributed by atoms with Crippen LogP contribution in [0, 0.1) is 5.92 Å². The highest BCUT2D eigenvalue weighted by molar-refractivity contribution is 5.92. The molecule has 27 heavy (non-hydrogen) atoms. The Morgan fingerprint density at radius 2 is 1.59 bits per heavy atom. The van der Waals surface area contributed by atoms with E-state index in [9.17, 15) is 19.2 Å². The number of hydrogen-bond donors (Lipinski definition) is 6. The second-order valence-electron chi connectivity index (χ2n) is 6.58. The van der Waals surface area contributed by atoms with Gasteiger partial charge in [-0.1, -0.05) is 13.8 Å². The third kappa shape index (κ3) is 12.2. The van der Waals surface area contributed by atoms with Crippen LogP contribution in [0.4, 0.5) is 0 Å². The molecular formula is C16H31N7O4. The molecule has 0 aromatic heterocycles. The number of aliphatic imine (C=N–C) groups is 1. The van der Waals surface area contributed by atoms with Crippen molar-refractivity contribution in [1.29, 1.82) is 0 Å². The molecule has 0 saturated carbocycles. The number of rotatable bonds is 12. The number of nitrogens with zero attached hydrogens (tertiary/aromatic N) is 1. The minimum atomic E-state index is -0.921. The fourth-order valence-electron chi connectivity index (χ4n) is 2.02. The summed E-state index contributed by atoms with van der Waals surface area (Å²) in [7, 11) is 0. The number of primary amides is 1. The van der Waals surface area contributed by atoms with Gasteiger partial charge in [0.15, 0.2) is 5.96 Å². The number of amides is 4. The summed E-state index contributed by atoms with van der Waals surface area (Å²) in [5.74, 6) is -1.95. The van der Waals surface area contributed by atoms with E-state index in [2.05, 4.69) is 20.9 Å². The summed E-state index contributed by atoms with van der Waals surface area (Å²) in [5.41, 5.74) is 15.6. The average Bonchev–Trinajstić information content (AvgIpc) is 2.54. The first-order valence-corrected chi connectivity index (χ1v) is 8.74. The molecule has 154 valence electrons. The predicted molar refractivity (Wildman–Crippen MR) is 101 cm³/mol. The highest BCUT2D eigenvalue weighted by Gasteiger charge is 2.23. The van der Waals surface area contributed by atoms with Gasteiger partial charge in [0, 0.05) is 13.0 Å². The number of nitrogens with one attached hydrogen (secondary N) is 3. The normalized spacial score (nSPS) is 12.6. The first kappa shape index (κ1) is 24.1. The quantitative estimate of drug-likeness (QED) is 0.124. The molecule has 11 nitrogen and oxygen atoms in total. The van der Waals surface area contributed by atoms with Crippen molar-refractivity contribution in [1.82, 2.24) is 16.0 Å². The van der Waals surface area contributed by atoms with E-state index in [1.165, 1.54) is 6.92 Å². The van der Waals surface area contributed by atoms with E-state index in [0.29, 0.717) is 12.8 Å². The van der Waals surface area contributed by atoms with Crippen LogP contribution in [0.15, 0.2) is 4.99 Å². The van der Waals surface area contributed by atoms with E-state index < -0.39 is 29.8 Å². The first-order valence-electron chi connectivity index (χ1n) is 8.74. The van der Waals surface area contributed by atoms with E-state index >= 15 is 0 Å². The van der Waals surface area contributed by atoms with Crippen LogP contribution in [0.5, 0.6) is 0 Å². The maximum Gasteiger partial charge on any atom is 0.243 e. The summed E-state index contributed by atoms with van der Waals surface area (Å²) in [5, 5.41) is 7.44. The SMILES string of the molecule is CC(C)CC(=O)NCC(=O)N[C@@H](CCCN=C(N)N)C(=O)N[C@@H](C)C(N)=O. The molecule has 0 heterocycles. The third-order valence-corrected chi connectivity index (χ3v) is 3.42. The lowest BCUT2D eigenvalue weighted by atomic mass is 10.1. The van der Waals surface area contributed by atoms with Crippen LogP contribution < -0.4 is 33.2 Å². The Balaban J connectivity index is 4.73. The van der Waals surface area contributed by atoms with E-state index in [-0.39, 0.29) is 37.3 Å². The molecule has 0 aliphatic carbocycles. The summed E-state index contributed by atoms with van der Waals surface area (Å²) < 4.78 is 0. The molecule has 0 saturated heterocycles. The first-order chi connectivity index (χ1) is 12.5. The molecule has 0 aliphatic rings. The number of carbonyl (C=O) groups excluding carboxylic acids is 4. The minimum absolute atomic E-state index is 0.0738. The van der Waals surface area contributed by atoms with Gasteiger partial charge in [0.1, 0.15) is 12.1 Å². The zero-order valence-corrected chi connectivity index (χ0v) is 16.1. The molecule has 0 bridgehead atoms. The molecular weight excluding hydrogens is 354 g/mol. The summed E-state index contributed by atoms with van der Waals surface area (Å²) in [6.45, 7) is 5.23. The number of hydrogen-bond acceptors (Lipinski definition) is 5. The van der Waals surface area contributed by atoms with Gasteiger partial charge in [0.05, 0.1) is 6.54 Å². The van der Waals surface area contributed by atoms with Crippen LogP contribution in [-0.4, -0.2) is 54.8 Å². The van der Waals surface area contributed by atoms with Crippen LogP contribution >= 0.6 is 0 Å². The Labute approximate surface area is 158 Å². The maximum absolute atomic E-state index is 12.3. The van der Waals surface area contributed by atoms with Crippen molar-refractivity contribution in [3.63, 3.8) is 0 Å². The average molecular weight is 385 g/mol. The highest BCUT2D eigenvalue weighted by atomic mass is 16.2. The zero-order valence-electron chi connectivity index (χ0n) is 16.1. The Kier molecular flexibility index (Phi) is 11.2. The van der Waals surface area contributed by atoms with Gasteiger partial charge in [0.2, 0.25) is 23.6 Å². The molecule has 9 N–H and O–H groups in total. The van der Waals surface area contributed by atoms with Gasteiger partial charge in [0.25, 0.3) is 0 Å². The largest absolute Gasteiger partial charge is 0.370 e. The van der Waals surface area contributed by atoms with Crippen LogP contribution in [0.25, 0.3) is 0 Å². The maximum atomic E-state index is 12.3. The van der Waals surface area contributed by atoms with Gasteiger partial charge in [-0.25, -0.2) is 0 Å². The lowest BCUT2D eigenvalue weighted by Gasteiger charge is -2.20. The Morgan fingerprint density at radius 1 is 0.963 bits per heavy atom. The summed E-state index contributed by atoms with van der Waals surface area (Å²) in [4.78, 5) is 50.9. The van der Waals surface area contributed by atoms with Crippen LogP contribution in [0.3, 0.4) is 0 Å². The predicted octanol–water partition coefficient (Wildman–Crippen LogP) is -2.32. The molecule has 0 aliphatic heterocycles. The van der Waals surface area contributed by atoms with E-state index in [4.69, 9.17) is 17.2 Å². The fourth-order valence-corrected chi connectivity index (χ4v) is 2.02. The third-order valence-electron chi connectivity index (χ3n) is 3.42. The molecule has 0 unspecified atom stereocenters. The Hall–Kier alpha value is -2.85. The van der Waals surface area contributed by atoms with Crippen LogP contribution in [0.2, 0.25) is 0 Å². The van der Waals surface area contributed by atoms with Crippen molar-refractivity contribution in [2.24, 2.45) is 28.1 Å². The molecule has 0 rings (SSSR count). The van der Waals surface area contributed by atoms with Crippen molar-refractivity contribution in [3.8, 4) is 0 Å². The molecule has 0 aromatic carbocycles. The van der Waals surface area contributed by atoms with Gasteiger partial charge >= 0.3 is 0 Å². The number of nitrogens with two attached hydrogens (primary N) is 3. The molecule has 0 fully saturated rings. The number of carbonyl (C=O) groups is 4. The van der Waals surface area contributed by atoms with Crippen molar-refractivity contribution in [2.45, 2.75) is 52.1 Å². The monoisotopic (exact) mass is 385 g/mol. The molecule has 2 atom stereocenters. The van der Waals surface area contributed by atoms with Crippen molar-refractivity contribution in [3.05, 3.63) is 0 Å². The summed E-state index contributed by atoms with van der Waals surface area (Å²) in [6, 6.07) is -1.81. The highest BCUT2D eigenvalue weighted by Crippen LogP contribution is 2.00. The summed E-state index contributed by atoms with van der Waals surface area (Å²) in [6.07, 6.45) is 0.951. The van der Waals surface area contributed by atoms with E-state index in [1.807, 2.05) is 13.8 Å². The smallest absolute Gasteiger partial charge is 0.243 e. The fraction of sp³-hybridized carbons (Fsp3) is 0.688. The van der Waals surface area contributed by atoms with Gasteiger partial charge in [-0.15, -0.1) is 0 Å². The van der Waals surface area contributed by atoms with Crippen molar-refractivity contribution < 1.29 is 19.2 Å². The zero-order chi connectivity index (χ0) is 21.0. The van der Waals surface area contributed by atoms with Gasteiger partial charge in [-0.2, -0.15) is 0 Å². The second-order valence-corrected chi connectivity index (χ2v) is 6.58. The molecule has 0 spiro atoms. The Morgan fingerprint density at radius 3 is 2.11 bits per heavy atom. The minimum Gasteiger partial charge on any atom is -0.370 e. The van der Waals surface area contributed by atoms with Gasteiger partial charge in [-0.05, 0) is 25.7 Å². The number of guanidine groups is 1. The van der Waals surface area contributed by atoms with Gasteiger partial charge in [-0.3, -0.25) is 24.2 Å². The van der Waals surface area contributed by atoms with Crippen LogP contribution in [0.1, 0.15) is 40.0 Å². The molecule has 0 aromatic rings. The lowest BCUT2D eigenvalue weighted by Crippen LogP contribution is -2.53. The van der Waals surface area contributed by atoms with E-state index in [0.717, 1.165) is 0 Å². The molecule has 11 heteroatoms. The molecule has 0 radical (unpaired) electrons.